The van der Waals surface area contributed by atoms with Crippen molar-refractivity contribution in [2.75, 3.05) is 6.54 Å². The molecule has 4 atom stereocenters. The van der Waals surface area contributed by atoms with Crippen LogP contribution in [0.4, 0.5) is 0 Å². The van der Waals surface area contributed by atoms with Crippen molar-refractivity contribution in [3.63, 3.8) is 0 Å². The van der Waals surface area contributed by atoms with Crippen LogP contribution in [0.2, 0.25) is 0 Å². The van der Waals surface area contributed by atoms with Crippen molar-refractivity contribution in [3.8, 4) is 0 Å². The van der Waals surface area contributed by atoms with Gasteiger partial charge in [-0.3, -0.25) is 4.90 Å². The van der Waals surface area contributed by atoms with Crippen LogP contribution in [-0.2, 0) is 9.53 Å². The molecule has 3 nitrogen and oxygen atoms in total. The topological polar surface area (TPSA) is 29.5 Å². The Morgan fingerprint density at radius 3 is 2.86 bits per heavy atom. The summed E-state index contributed by atoms with van der Waals surface area (Å²) in [6.07, 6.45) is 13.4. The highest BCUT2D eigenvalue weighted by Crippen LogP contribution is 2.56. The number of hydrogen-bond donors (Lipinski definition) is 0. The fourth-order valence-electron chi connectivity index (χ4n) is 5.75. The van der Waals surface area contributed by atoms with E-state index in [-0.39, 0.29) is 11.6 Å². The van der Waals surface area contributed by atoms with Crippen molar-refractivity contribution in [1.29, 1.82) is 0 Å². The molecule has 0 aromatic carbocycles. The molecule has 3 aliphatic heterocycles. The van der Waals surface area contributed by atoms with E-state index in [0.717, 1.165) is 18.1 Å². The molecule has 4 fully saturated rings. The Morgan fingerprint density at radius 1 is 1.18 bits per heavy atom. The summed E-state index contributed by atoms with van der Waals surface area (Å²) >= 11 is 2.24. The minimum absolute atomic E-state index is 0.0762. The van der Waals surface area contributed by atoms with Gasteiger partial charge in [-0.05, 0) is 44.2 Å². The van der Waals surface area contributed by atoms with Crippen LogP contribution < -0.4 is 0 Å². The van der Waals surface area contributed by atoms with Crippen LogP contribution in [-0.4, -0.2) is 45.6 Å². The number of rotatable bonds is 2. The molecule has 0 radical (unpaired) electrons. The molecule has 1 spiro atoms. The minimum Gasteiger partial charge on any atom is -0.450 e. The van der Waals surface area contributed by atoms with E-state index in [0.29, 0.717) is 17.3 Å². The highest BCUT2D eigenvalue weighted by atomic mass is 32.2. The van der Waals surface area contributed by atoms with E-state index in [4.69, 9.17) is 4.74 Å². The molecule has 2 aliphatic carbocycles. The van der Waals surface area contributed by atoms with Gasteiger partial charge in [0.1, 0.15) is 0 Å². The number of fused-ring (bicyclic) bond motifs is 3. The molecule has 5 rings (SSSR count). The number of carbonyl (C=O) groups excluding carboxylic acids is 1. The maximum atomic E-state index is 12.0. The standard InChI is InChI=1S/C18H25NO2S/c20-17-10-12-9-15(22-13-5-1-2-6-13)14-11-18(12,21-17)16-7-3-4-8-19(14)16/h10,13-16H,1-9,11H2. The van der Waals surface area contributed by atoms with E-state index in [1.165, 1.54) is 57.1 Å². The molecule has 4 heteroatoms. The van der Waals surface area contributed by atoms with E-state index in [2.05, 4.69) is 16.7 Å². The van der Waals surface area contributed by atoms with Crippen LogP contribution in [0, 0.1) is 0 Å². The largest absolute Gasteiger partial charge is 0.450 e. The Hall–Kier alpha value is -0.480. The van der Waals surface area contributed by atoms with Crippen LogP contribution in [0.15, 0.2) is 11.6 Å². The van der Waals surface area contributed by atoms with Crippen molar-refractivity contribution in [3.05, 3.63) is 11.6 Å². The van der Waals surface area contributed by atoms with Gasteiger partial charge in [-0.15, -0.1) is 0 Å². The average Bonchev–Trinajstić information content (AvgIpc) is 3.19. The Morgan fingerprint density at radius 2 is 2.00 bits per heavy atom. The Kier molecular flexibility index (Phi) is 3.17. The molecule has 0 aromatic rings. The van der Waals surface area contributed by atoms with Gasteiger partial charge in [0.05, 0.1) is 6.04 Å². The van der Waals surface area contributed by atoms with E-state index in [1.54, 1.807) is 0 Å². The van der Waals surface area contributed by atoms with E-state index in [1.807, 2.05) is 6.08 Å². The number of ether oxygens (including phenoxy) is 1. The smallest absolute Gasteiger partial charge is 0.331 e. The summed E-state index contributed by atoms with van der Waals surface area (Å²) in [5.74, 6) is -0.0762. The summed E-state index contributed by atoms with van der Waals surface area (Å²) in [5, 5.41) is 1.54. The van der Waals surface area contributed by atoms with Crippen molar-refractivity contribution < 1.29 is 9.53 Å². The highest BCUT2D eigenvalue weighted by Gasteiger charge is 2.63. The van der Waals surface area contributed by atoms with Gasteiger partial charge in [0, 0.05) is 29.0 Å². The van der Waals surface area contributed by atoms with Gasteiger partial charge in [-0.25, -0.2) is 4.79 Å². The molecule has 2 saturated carbocycles. The fraction of sp³-hybridized carbons (Fsp3) is 0.833. The predicted molar refractivity (Wildman–Crippen MR) is 87.9 cm³/mol. The molecule has 120 valence electrons. The predicted octanol–water partition coefficient (Wildman–Crippen LogP) is 3.28. The SMILES string of the molecule is O=C1C=C2CC(SC3CCCC3)C3CC2(O1)C1CCCCN31. The Labute approximate surface area is 136 Å². The fourth-order valence-corrected chi connectivity index (χ4v) is 7.56. The zero-order valence-corrected chi connectivity index (χ0v) is 13.9. The Balaban J connectivity index is 1.47. The zero-order chi connectivity index (χ0) is 14.7. The highest BCUT2D eigenvalue weighted by molar-refractivity contribution is 8.00. The van der Waals surface area contributed by atoms with Crippen molar-refractivity contribution >= 4 is 17.7 Å². The number of piperidine rings is 1. The summed E-state index contributed by atoms with van der Waals surface area (Å²) in [7, 11) is 0. The third kappa shape index (κ3) is 1.89. The zero-order valence-electron chi connectivity index (χ0n) is 13.1. The van der Waals surface area contributed by atoms with Gasteiger partial charge in [0.15, 0.2) is 5.60 Å². The molecule has 3 heterocycles. The summed E-state index contributed by atoms with van der Waals surface area (Å²) < 4.78 is 5.95. The van der Waals surface area contributed by atoms with E-state index in [9.17, 15) is 4.79 Å². The van der Waals surface area contributed by atoms with Gasteiger partial charge in [0.25, 0.3) is 0 Å². The lowest BCUT2D eigenvalue weighted by atomic mass is 9.77. The normalized spacial score (nSPS) is 44.6. The van der Waals surface area contributed by atoms with Gasteiger partial charge in [-0.1, -0.05) is 19.3 Å². The third-order valence-corrected chi connectivity index (χ3v) is 8.35. The van der Waals surface area contributed by atoms with Crippen LogP contribution in [0.5, 0.6) is 0 Å². The number of carbonyl (C=O) groups is 1. The molecule has 0 aromatic heterocycles. The molecule has 5 aliphatic rings. The monoisotopic (exact) mass is 319 g/mol. The summed E-state index contributed by atoms with van der Waals surface area (Å²) in [5.41, 5.74) is 1.10. The summed E-state index contributed by atoms with van der Waals surface area (Å²) in [6.45, 7) is 1.21. The molecule has 4 unspecified atom stereocenters. The lowest BCUT2D eigenvalue weighted by molar-refractivity contribution is -0.148. The molecule has 0 N–H and O–H groups in total. The number of hydrogen-bond acceptors (Lipinski definition) is 4. The van der Waals surface area contributed by atoms with Crippen LogP contribution in [0.25, 0.3) is 0 Å². The molecular weight excluding hydrogens is 294 g/mol. The number of nitrogens with zero attached hydrogens (tertiary/aromatic N) is 1. The van der Waals surface area contributed by atoms with Gasteiger partial charge in [0.2, 0.25) is 0 Å². The van der Waals surface area contributed by atoms with Crippen LogP contribution in [0.1, 0.15) is 57.8 Å². The van der Waals surface area contributed by atoms with Gasteiger partial charge >= 0.3 is 5.97 Å². The average molecular weight is 319 g/mol. The second-order valence-corrected chi connectivity index (χ2v) is 9.33. The molecule has 22 heavy (non-hydrogen) atoms. The maximum absolute atomic E-state index is 12.0. The first-order valence-corrected chi connectivity index (χ1v) is 10.1. The first kappa shape index (κ1) is 13.9. The third-order valence-electron chi connectivity index (χ3n) is 6.66. The second kappa shape index (κ2) is 5.01. The first-order valence-electron chi connectivity index (χ1n) is 9.11. The lowest BCUT2D eigenvalue weighted by Crippen LogP contribution is -2.48. The quantitative estimate of drug-likeness (QED) is 0.731. The maximum Gasteiger partial charge on any atom is 0.331 e. The summed E-state index contributed by atoms with van der Waals surface area (Å²) in [4.78, 5) is 14.7. The molecule has 2 saturated heterocycles. The first-order chi connectivity index (χ1) is 10.8. The van der Waals surface area contributed by atoms with Gasteiger partial charge in [-0.2, -0.15) is 11.8 Å². The van der Waals surface area contributed by atoms with E-state index < -0.39 is 0 Å². The van der Waals surface area contributed by atoms with Crippen molar-refractivity contribution in [2.45, 2.75) is 86.0 Å². The number of esters is 1. The van der Waals surface area contributed by atoms with Crippen molar-refractivity contribution in [1.82, 2.24) is 4.90 Å². The lowest BCUT2D eigenvalue weighted by Gasteiger charge is -2.38. The van der Waals surface area contributed by atoms with Crippen LogP contribution in [0.3, 0.4) is 0 Å². The van der Waals surface area contributed by atoms with Crippen LogP contribution >= 0.6 is 11.8 Å². The number of thioether (sulfide) groups is 1. The molecule has 0 amide bonds. The van der Waals surface area contributed by atoms with Gasteiger partial charge < -0.3 is 4.74 Å². The van der Waals surface area contributed by atoms with E-state index >= 15 is 0 Å². The molecule has 2 bridgehead atoms. The van der Waals surface area contributed by atoms with Crippen molar-refractivity contribution in [2.24, 2.45) is 0 Å². The Bertz CT molecular complexity index is 527. The molecular formula is C18H25NO2S. The second-order valence-electron chi connectivity index (χ2n) is 7.79. The minimum atomic E-state index is -0.227. The summed E-state index contributed by atoms with van der Waals surface area (Å²) in [6, 6.07) is 1.11.